The number of H-pyrrole nitrogens is 2. The molecule has 0 fully saturated rings. The van der Waals surface area contributed by atoms with Gasteiger partial charge in [-0.15, -0.1) is 0 Å². The van der Waals surface area contributed by atoms with Crippen molar-refractivity contribution in [1.29, 1.82) is 0 Å². The van der Waals surface area contributed by atoms with Crippen LogP contribution in [0.1, 0.15) is 22.8 Å². The first kappa shape index (κ1) is 34.8. The van der Waals surface area contributed by atoms with Gasteiger partial charge >= 0.3 is 12.1 Å². The van der Waals surface area contributed by atoms with Gasteiger partial charge in [0.05, 0.1) is 22.8 Å². The second kappa shape index (κ2) is 14.6. The van der Waals surface area contributed by atoms with Crippen LogP contribution in [0.15, 0.2) is 146 Å². The van der Waals surface area contributed by atoms with Crippen molar-refractivity contribution >= 4 is 52.3 Å². The van der Waals surface area contributed by atoms with Crippen molar-refractivity contribution in [3.63, 3.8) is 0 Å². The van der Waals surface area contributed by atoms with Gasteiger partial charge in [-0.2, -0.15) is 13.2 Å². The highest BCUT2D eigenvalue weighted by Gasteiger charge is 2.38. The van der Waals surface area contributed by atoms with Gasteiger partial charge in [0.1, 0.15) is 0 Å². The molecular formula is C46H31F3N4O2. The zero-order chi connectivity index (χ0) is 37.9. The lowest BCUT2D eigenvalue weighted by molar-refractivity contribution is -0.192. The van der Waals surface area contributed by atoms with Gasteiger partial charge < -0.3 is 15.1 Å². The van der Waals surface area contributed by atoms with Gasteiger partial charge in [-0.25, -0.2) is 14.8 Å². The molecule has 0 unspecified atom stereocenters. The van der Waals surface area contributed by atoms with Crippen molar-refractivity contribution < 1.29 is 23.1 Å². The molecule has 0 saturated heterocycles. The predicted octanol–water partition coefficient (Wildman–Crippen LogP) is 12.0. The highest BCUT2D eigenvalue weighted by Crippen LogP contribution is 2.38. The number of carboxylic acid groups (broad SMARTS) is 1. The van der Waals surface area contributed by atoms with Gasteiger partial charge in [0.15, 0.2) is 0 Å². The summed E-state index contributed by atoms with van der Waals surface area (Å²) in [6.45, 7) is 0. The topological polar surface area (TPSA) is 94.7 Å². The molecule has 9 rings (SSSR count). The average molecular weight is 729 g/mol. The monoisotopic (exact) mass is 728 g/mol. The summed E-state index contributed by atoms with van der Waals surface area (Å²) in [5.41, 5.74) is 16.2. The summed E-state index contributed by atoms with van der Waals surface area (Å²) >= 11 is 0. The summed E-state index contributed by atoms with van der Waals surface area (Å²) in [5, 5.41) is 7.12. The molecule has 0 aliphatic carbocycles. The SMILES string of the molecule is C1=Cc2nc1c(-c1ccccc1)c1ccc([nH]1)c(-c1ccccc1)c1nc(c(-c3ccccc3)c3ccc([nH]3)c2-c2ccccc2)C=C1.O=C(O)C(F)(F)F. The standard InChI is InChI=1S/C44H30N4.C2HF3O2/c1-5-13-29(14-6-1)41-33-21-23-35(45-33)42(30-15-7-2-8-16-30)37-25-27-39(47-37)44(32-19-11-4-12-20-32)40-28-26-38(48-40)43(31-17-9-3-10-18-31)36-24-22-34(41)46-36;3-2(4,5)1(6)7/h1-28,45,48H;(H,6,7). The van der Waals surface area contributed by atoms with E-state index >= 15 is 0 Å². The van der Waals surface area contributed by atoms with E-state index in [0.29, 0.717) is 0 Å². The molecule has 9 heteroatoms. The van der Waals surface area contributed by atoms with E-state index in [9.17, 15) is 13.2 Å². The van der Waals surface area contributed by atoms with Crippen LogP contribution >= 0.6 is 0 Å². The molecule has 7 aromatic rings. The quantitative estimate of drug-likeness (QED) is 0.168. The first-order chi connectivity index (χ1) is 26.7. The summed E-state index contributed by atoms with van der Waals surface area (Å²) in [7, 11) is 0. The predicted molar refractivity (Wildman–Crippen MR) is 214 cm³/mol. The molecule has 4 aromatic carbocycles. The van der Waals surface area contributed by atoms with Crippen LogP contribution in [-0.2, 0) is 4.79 Å². The Hall–Kier alpha value is -7.26. The molecule has 0 amide bonds. The third kappa shape index (κ3) is 7.11. The summed E-state index contributed by atoms with van der Waals surface area (Å²) in [5.74, 6) is -2.76. The Labute approximate surface area is 313 Å². The minimum Gasteiger partial charge on any atom is -0.475 e. The first-order valence-electron chi connectivity index (χ1n) is 17.4. The molecule has 3 N–H and O–H groups in total. The van der Waals surface area contributed by atoms with Crippen molar-refractivity contribution in [3.05, 3.63) is 168 Å². The molecule has 8 bridgehead atoms. The van der Waals surface area contributed by atoms with E-state index in [2.05, 4.69) is 156 Å². The van der Waals surface area contributed by atoms with Crippen LogP contribution in [0.4, 0.5) is 13.2 Å². The van der Waals surface area contributed by atoms with E-state index in [-0.39, 0.29) is 0 Å². The maximum absolute atomic E-state index is 10.6. The maximum Gasteiger partial charge on any atom is 0.490 e. The van der Waals surface area contributed by atoms with E-state index < -0.39 is 12.1 Å². The van der Waals surface area contributed by atoms with Crippen LogP contribution in [0.5, 0.6) is 0 Å². The number of aromatic amines is 2. The highest BCUT2D eigenvalue weighted by molar-refractivity contribution is 5.99. The fraction of sp³-hybridized carbons (Fsp3) is 0.0217. The number of aliphatic carboxylic acids is 1. The molecule has 2 aliphatic heterocycles. The number of benzene rings is 4. The molecule has 3 aromatic heterocycles. The number of alkyl halides is 3. The van der Waals surface area contributed by atoms with Gasteiger partial charge in [-0.3, -0.25) is 0 Å². The van der Waals surface area contributed by atoms with Gasteiger partial charge in [-0.05, 0) is 70.8 Å². The Morgan fingerprint density at radius 3 is 0.836 bits per heavy atom. The smallest absolute Gasteiger partial charge is 0.475 e. The Balaban J connectivity index is 0.000000560. The minimum atomic E-state index is -5.08. The summed E-state index contributed by atoms with van der Waals surface area (Å²) in [6, 6.07) is 50.7. The lowest BCUT2D eigenvalue weighted by Crippen LogP contribution is -2.21. The number of aromatic nitrogens is 4. The molecule has 5 heterocycles. The van der Waals surface area contributed by atoms with Crippen molar-refractivity contribution in [2.45, 2.75) is 6.18 Å². The zero-order valence-electron chi connectivity index (χ0n) is 29.0. The summed E-state index contributed by atoms with van der Waals surface area (Å²) in [6.07, 6.45) is 3.46. The number of carbonyl (C=O) groups is 1. The Morgan fingerprint density at radius 1 is 0.418 bits per heavy atom. The largest absolute Gasteiger partial charge is 0.490 e. The second-order valence-corrected chi connectivity index (χ2v) is 12.8. The molecule has 2 aliphatic rings. The third-order valence-electron chi connectivity index (χ3n) is 9.25. The lowest BCUT2D eigenvalue weighted by atomic mass is 10.0. The molecule has 268 valence electrons. The van der Waals surface area contributed by atoms with Gasteiger partial charge in [0, 0.05) is 44.3 Å². The number of hydrogen-bond donors (Lipinski definition) is 3. The number of hydrogen-bond acceptors (Lipinski definition) is 3. The molecule has 0 saturated carbocycles. The van der Waals surface area contributed by atoms with E-state index in [4.69, 9.17) is 19.9 Å². The normalized spacial score (nSPS) is 11.9. The van der Waals surface area contributed by atoms with Gasteiger partial charge in [0.2, 0.25) is 0 Å². The fourth-order valence-electron chi connectivity index (χ4n) is 6.84. The number of halogens is 3. The Kier molecular flexibility index (Phi) is 9.26. The number of nitrogens with zero attached hydrogens (tertiary/aromatic N) is 2. The Bertz CT molecular complexity index is 2410. The number of carboxylic acids is 1. The van der Waals surface area contributed by atoms with Crippen LogP contribution in [0.25, 0.3) is 90.9 Å². The number of rotatable bonds is 4. The summed E-state index contributed by atoms with van der Waals surface area (Å²) < 4.78 is 31.7. The van der Waals surface area contributed by atoms with E-state index in [1.54, 1.807) is 0 Å². The minimum absolute atomic E-state index is 0.906. The molecular weight excluding hydrogens is 698 g/mol. The number of fused-ring (bicyclic) bond motifs is 8. The average Bonchev–Trinajstić information content (AvgIpc) is 4.04. The van der Waals surface area contributed by atoms with Gasteiger partial charge in [0.25, 0.3) is 0 Å². The molecule has 55 heavy (non-hydrogen) atoms. The fourth-order valence-corrected chi connectivity index (χ4v) is 6.84. The van der Waals surface area contributed by atoms with Crippen LogP contribution in [0, 0.1) is 0 Å². The highest BCUT2D eigenvalue weighted by atomic mass is 19.4. The van der Waals surface area contributed by atoms with E-state index in [1.165, 1.54) is 0 Å². The van der Waals surface area contributed by atoms with E-state index in [1.807, 2.05) is 24.3 Å². The third-order valence-corrected chi connectivity index (χ3v) is 9.25. The molecule has 0 atom stereocenters. The van der Waals surface area contributed by atoms with Crippen molar-refractivity contribution in [2.75, 3.05) is 0 Å². The number of nitrogens with one attached hydrogen (secondary N) is 2. The summed E-state index contributed by atoms with van der Waals surface area (Å²) in [4.78, 5) is 27.2. The molecule has 6 nitrogen and oxygen atoms in total. The first-order valence-corrected chi connectivity index (χ1v) is 17.4. The van der Waals surface area contributed by atoms with Crippen LogP contribution in [0.3, 0.4) is 0 Å². The Morgan fingerprint density at radius 2 is 0.636 bits per heavy atom. The maximum atomic E-state index is 10.6. The molecule has 0 radical (unpaired) electrons. The van der Waals surface area contributed by atoms with Crippen molar-refractivity contribution in [2.24, 2.45) is 0 Å². The van der Waals surface area contributed by atoms with Crippen LogP contribution < -0.4 is 0 Å². The van der Waals surface area contributed by atoms with Crippen molar-refractivity contribution in [3.8, 4) is 44.5 Å². The molecule has 0 spiro atoms. The van der Waals surface area contributed by atoms with Crippen molar-refractivity contribution in [1.82, 2.24) is 19.9 Å². The van der Waals surface area contributed by atoms with Crippen LogP contribution in [0.2, 0.25) is 0 Å². The van der Waals surface area contributed by atoms with Gasteiger partial charge in [-0.1, -0.05) is 121 Å². The van der Waals surface area contributed by atoms with E-state index in [0.717, 1.165) is 89.4 Å². The second-order valence-electron chi connectivity index (χ2n) is 12.8. The zero-order valence-corrected chi connectivity index (χ0v) is 29.0. The lowest BCUT2D eigenvalue weighted by Gasteiger charge is -2.07. The van der Waals surface area contributed by atoms with Crippen LogP contribution in [-0.4, -0.2) is 37.2 Å².